The fourth-order valence-electron chi connectivity index (χ4n) is 1.71. The van der Waals surface area contributed by atoms with Gasteiger partial charge in [-0.1, -0.05) is 29.3 Å². The summed E-state index contributed by atoms with van der Waals surface area (Å²) in [6.45, 7) is 0.505. The Morgan fingerprint density at radius 2 is 2.15 bits per heavy atom. The molecule has 0 saturated carbocycles. The summed E-state index contributed by atoms with van der Waals surface area (Å²) in [5, 5.41) is 3.33. The Balaban J connectivity index is 1.95. The molecule has 1 amide bonds. The number of carbonyl (C=O) groups is 1. The van der Waals surface area contributed by atoms with E-state index in [0.29, 0.717) is 18.5 Å². The number of hydrogen-bond donors (Lipinski definition) is 2. The van der Waals surface area contributed by atoms with E-state index < -0.39 is 0 Å². The van der Waals surface area contributed by atoms with Gasteiger partial charge in [-0.05, 0) is 30.2 Å². The zero-order chi connectivity index (χ0) is 14.5. The molecule has 0 unspecified atom stereocenters. The first-order valence-electron chi connectivity index (χ1n) is 5.99. The number of anilines is 1. The third kappa shape index (κ3) is 3.62. The van der Waals surface area contributed by atoms with Crippen LogP contribution >= 0.6 is 23.2 Å². The molecular weight excluding hydrogens is 297 g/mol. The number of carbonyl (C=O) groups excluding carboxylic acids is 1. The summed E-state index contributed by atoms with van der Waals surface area (Å²) in [7, 11) is 0. The first kappa shape index (κ1) is 14.6. The summed E-state index contributed by atoms with van der Waals surface area (Å²) in [6, 6.07) is 6.82. The SMILES string of the molecule is Nc1cc(C(=O)NCCc2cccnc2)cc(Cl)c1Cl. The lowest BCUT2D eigenvalue weighted by atomic mass is 10.1. The number of aromatic nitrogens is 1. The minimum Gasteiger partial charge on any atom is -0.397 e. The maximum atomic E-state index is 12.0. The number of nitrogens with two attached hydrogens (primary N) is 1. The number of amides is 1. The van der Waals surface area contributed by atoms with Crippen LogP contribution in [0.15, 0.2) is 36.7 Å². The van der Waals surface area contributed by atoms with E-state index in [4.69, 9.17) is 28.9 Å². The van der Waals surface area contributed by atoms with Crippen molar-refractivity contribution in [3.63, 3.8) is 0 Å². The van der Waals surface area contributed by atoms with Gasteiger partial charge in [-0.15, -0.1) is 0 Å². The molecule has 2 rings (SSSR count). The average Bonchev–Trinajstić information content (AvgIpc) is 2.45. The van der Waals surface area contributed by atoms with Crippen molar-refractivity contribution in [3.8, 4) is 0 Å². The van der Waals surface area contributed by atoms with Crippen LogP contribution in [0.5, 0.6) is 0 Å². The van der Waals surface area contributed by atoms with Crippen molar-refractivity contribution in [3.05, 3.63) is 57.8 Å². The van der Waals surface area contributed by atoms with E-state index in [9.17, 15) is 4.79 Å². The summed E-state index contributed by atoms with van der Waals surface area (Å²) in [5.41, 5.74) is 7.41. The lowest BCUT2D eigenvalue weighted by molar-refractivity contribution is 0.0954. The zero-order valence-corrected chi connectivity index (χ0v) is 12.1. The van der Waals surface area contributed by atoms with Crippen LogP contribution in [0, 0.1) is 0 Å². The fraction of sp³-hybridized carbons (Fsp3) is 0.143. The first-order valence-corrected chi connectivity index (χ1v) is 6.75. The van der Waals surface area contributed by atoms with Crippen LogP contribution in [0.1, 0.15) is 15.9 Å². The van der Waals surface area contributed by atoms with Gasteiger partial charge in [0.15, 0.2) is 0 Å². The second kappa shape index (κ2) is 6.59. The molecule has 1 heterocycles. The molecule has 0 saturated heterocycles. The predicted molar refractivity (Wildman–Crippen MR) is 81.1 cm³/mol. The monoisotopic (exact) mass is 309 g/mol. The van der Waals surface area contributed by atoms with E-state index in [1.807, 2.05) is 12.1 Å². The Morgan fingerprint density at radius 3 is 2.80 bits per heavy atom. The molecule has 0 radical (unpaired) electrons. The third-order valence-electron chi connectivity index (χ3n) is 2.74. The molecule has 0 aliphatic heterocycles. The predicted octanol–water partition coefficient (Wildman–Crippen LogP) is 2.94. The van der Waals surface area contributed by atoms with Gasteiger partial charge in [0.25, 0.3) is 5.91 Å². The molecule has 0 spiro atoms. The summed E-state index contributed by atoms with van der Waals surface area (Å²) < 4.78 is 0. The van der Waals surface area contributed by atoms with Crippen LogP contribution in [0.3, 0.4) is 0 Å². The maximum Gasteiger partial charge on any atom is 0.251 e. The highest BCUT2D eigenvalue weighted by molar-refractivity contribution is 6.43. The number of halogens is 2. The van der Waals surface area contributed by atoms with Gasteiger partial charge in [0.05, 0.1) is 15.7 Å². The molecule has 6 heteroatoms. The number of benzene rings is 1. The first-order chi connectivity index (χ1) is 9.58. The molecule has 0 aliphatic carbocycles. The van der Waals surface area contributed by atoms with Crippen molar-refractivity contribution < 1.29 is 4.79 Å². The molecule has 1 aromatic carbocycles. The van der Waals surface area contributed by atoms with E-state index in [-0.39, 0.29) is 21.6 Å². The van der Waals surface area contributed by atoms with Gasteiger partial charge in [0.1, 0.15) is 0 Å². The quantitative estimate of drug-likeness (QED) is 0.853. The summed E-state index contributed by atoms with van der Waals surface area (Å²) >= 11 is 11.7. The van der Waals surface area contributed by atoms with E-state index >= 15 is 0 Å². The van der Waals surface area contributed by atoms with E-state index in [1.54, 1.807) is 12.4 Å². The molecule has 104 valence electrons. The summed E-state index contributed by atoms with van der Waals surface area (Å²) in [5.74, 6) is -0.237. The number of pyridine rings is 1. The van der Waals surface area contributed by atoms with Crippen molar-refractivity contribution in [2.45, 2.75) is 6.42 Å². The van der Waals surface area contributed by atoms with Gasteiger partial charge in [-0.2, -0.15) is 0 Å². The fourth-order valence-corrected chi connectivity index (χ4v) is 2.05. The van der Waals surface area contributed by atoms with Gasteiger partial charge in [-0.25, -0.2) is 0 Å². The number of nitrogens with one attached hydrogen (secondary N) is 1. The van der Waals surface area contributed by atoms with E-state index in [0.717, 1.165) is 5.56 Å². The Morgan fingerprint density at radius 1 is 1.35 bits per heavy atom. The van der Waals surface area contributed by atoms with Crippen LogP contribution in [0.25, 0.3) is 0 Å². The normalized spacial score (nSPS) is 10.3. The smallest absolute Gasteiger partial charge is 0.251 e. The van der Waals surface area contributed by atoms with Crippen molar-refractivity contribution >= 4 is 34.8 Å². The Bertz CT molecular complexity index is 594. The molecule has 1 aromatic heterocycles. The molecule has 20 heavy (non-hydrogen) atoms. The van der Waals surface area contributed by atoms with Crippen LogP contribution in [0.4, 0.5) is 5.69 Å². The molecule has 0 bridgehead atoms. The molecule has 0 aliphatic rings. The molecular formula is C14H13Cl2N3O. The van der Waals surface area contributed by atoms with Crippen molar-refractivity contribution in [1.82, 2.24) is 10.3 Å². The molecule has 3 N–H and O–H groups in total. The summed E-state index contributed by atoms with van der Waals surface area (Å²) in [4.78, 5) is 16.0. The third-order valence-corrected chi connectivity index (χ3v) is 3.56. The van der Waals surface area contributed by atoms with Gasteiger partial charge in [0, 0.05) is 24.5 Å². The van der Waals surface area contributed by atoms with Crippen molar-refractivity contribution in [1.29, 1.82) is 0 Å². The topological polar surface area (TPSA) is 68.0 Å². The van der Waals surface area contributed by atoms with Crippen LogP contribution in [-0.4, -0.2) is 17.4 Å². The van der Waals surface area contributed by atoms with Gasteiger partial charge in [0.2, 0.25) is 0 Å². The lowest BCUT2D eigenvalue weighted by Crippen LogP contribution is -2.25. The van der Waals surface area contributed by atoms with Gasteiger partial charge < -0.3 is 11.1 Å². The highest BCUT2D eigenvalue weighted by atomic mass is 35.5. The van der Waals surface area contributed by atoms with Crippen LogP contribution < -0.4 is 11.1 Å². The highest BCUT2D eigenvalue weighted by Crippen LogP contribution is 2.29. The lowest BCUT2D eigenvalue weighted by Gasteiger charge is -2.08. The Labute approximate surface area is 126 Å². The largest absolute Gasteiger partial charge is 0.397 e. The van der Waals surface area contributed by atoms with E-state index in [1.165, 1.54) is 12.1 Å². The number of rotatable bonds is 4. The zero-order valence-electron chi connectivity index (χ0n) is 10.6. The molecule has 4 nitrogen and oxygen atoms in total. The van der Waals surface area contributed by atoms with Crippen LogP contribution in [0.2, 0.25) is 10.0 Å². The standard InChI is InChI=1S/C14H13Cl2N3O/c15-11-6-10(7-12(17)13(11)16)14(20)19-5-3-9-2-1-4-18-8-9/h1-2,4,6-8H,3,5,17H2,(H,19,20). The second-order valence-corrected chi connectivity index (χ2v) is 5.01. The Hall–Kier alpha value is -1.78. The number of nitrogen functional groups attached to an aromatic ring is 1. The average molecular weight is 310 g/mol. The van der Waals surface area contributed by atoms with Gasteiger partial charge >= 0.3 is 0 Å². The molecule has 0 fully saturated rings. The van der Waals surface area contributed by atoms with E-state index in [2.05, 4.69) is 10.3 Å². The van der Waals surface area contributed by atoms with Crippen molar-refractivity contribution in [2.75, 3.05) is 12.3 Å². The minimum atomic E-state index is -0.237. The van der Waals surface area contributed by atoms with Gasteiger partial charge in [-0.3, -0.25) is 9.78 Å². The van der Waals surface area contributed by atoms with Crippen molar-refractivity contribution in [2.24, 2.45) is 0 Å². The highest BCUT2D eigenvalue weighted by Gasteiger charge is 2.10. The molecule has 0 atom stereocenters. The minimum absolute atomic E-state index is 0.237. The summed E-state index contributed by atoms with van der Waals surface area (Å²) in [6.07, 6.45) is 4.18. The number of hydrogen-bond acceptors (Lipinski definition) is 3. The maximum absolute atomic E-state index is 12.0. The Kier molecular flexibility index (Phi) is 4.82. The second-order valence-electron chi connectivity index (χ2n) is 4.23. The molecule has 2 aromatic rings. The number of nitrogens with zero attached hydrogens (tertiary/aromatic N) is 1. The van der Waals surface area contributed by atoms with Crippen LogP contribution in [-0.2, 0) is 6.42 Å².